The molecule has 0 unspecified atom stereocenters. The molecule has 2 aromatic carbocycles. The van der Waals surface area contributed by atoms with Gasteiger partial charge in [-0.05, 0) is 41.7 Å². The van der Waals surface area contributed by atoms with E-state index in [0.717, 1.165) is 11.8 Å². The van der Waals surface area contributed by atoms with Crippen LogP contribution in [-0.2, 0) is 21.2 Å². The van der Waals surface area contributed by atoms with E-state index >= 15 is 0 Å². The molecule has 0 aliphatic heterocycles. The first-order valence-electron chi connectivity index (χ1n) is 7.75. The third kappa shape index (κ3) is 4.45. The molecule has 0 fully saturated rings. The number of carbonyl (C=O) groups is 1. The Morgan fingerprint density at radius 2 is 1.71 bits per heavy atom. The molecule has 0 bridgehead atoms. The van der Waals surface area contributed by atoms with Crippen molar-refractivity contribution in [3.63, 3.8) is 0 Å². The minimum Gasteiger partial charge on any atom is -0.457 e. The fraction of sp³-hybridized carbons (Fsp3) is 0.316. The van der Waals surface area contributed by atoms with Gasteiger partial charge in [0.05, 0.1) is 10.5 Å². The third-order valence-electron chi connectivity index (χ3n) is 3.87. The van der Waals surface area contributed by atoms with Crippen LogP contribution in [0.2, 0.25) is 0 Å². The molecule has 0 heterocycles. The average molecular weight is 346 g/mol. The molecular formula is C19H22O4S. The maximum atomic E-state index is 12.3. The summed E-state index contributed by atoms with van der Waals surface area (Å²) >= 11 is 0. The van der Waals surface area contributed by atoms with Crippen LogP contribution >= 0.6 is 0 Å². The van der Waals surface area contributed by atoms with Crippen LogP contribution in [-0.4, -0.2) is 20.6 Å². The van der Waals surface area contributed by atoms with Crippen LogP contribution in [0.3, 0.4) is 0 Å². The lowest BCUT2D eigenvalue weighted by Gasteiger charge is -2.10. The summed E-state index contributed by atoms with van der Waals surface area (Å²) < 4.78 is 28.6. The second kappa shape index (κ2) is 7.18. The molecule has 0 aromatic heterocycles. The molecule has 0 radical (unpaired) electrons. The van der Waals surface area contributed by atoms with Gasteiger partial charge in [0.1, 0.15) is 6.61 Å². The fourth-order valence-corrected chi connectivity index (χ4v) is 2.92. The maximum absolute atomic E-state index is 12.3. The van der Waals surface area contributed by atoms with Gasteiger partial charge in [0.15, 0.2) is 9.84 Å². The Morgan fingerprint density at radius 1 is 1.08 bits per heavy atom. The molecule has 0 aliphatic rings. The summed E-state index contributed by atoms with van der Waals surface area (Å²) in [4.78, 5) is 12.4. The standard InChI is InChI=1S/C19H22O4S/c1-13(2)16-8-6-15(7-9-16)12-23-19(20)18-11-17(24(4,21)22)10-5-14(18)3/h5-11,13H,12H2,1-4H3. The molecule has 2 aromatic rings. The summed E-state index contributed by atoms with van der Waals surface area (Å²) in [5.41, 5.74) is 3.07. The molecule has 24 heavy (non-hydrogen) atoms. The van der Waals surface area contributed by atoms with Crippen LogP contribution in [0.15, 0.2) is 47.4 Å². The number of benzene rings is 2. The lowest BCUT2D eigenvalue weighted by molar-refractivity contribution is 0.0471. The first-order chi connectivity index (χ1) is 11.2. The summed E-state index contributed by atoms with van der Waals surface area (Å²) in [7, 11) is -3.36. The SMILES string of the molecule is Cc1ccc(S(C)(=O)=O)cc1C(=O)OCc1ccc(C(C)C)cc1. The van der Waals surface area contributed by atoms with Crippen molar-refractivity contribution in [3.8, 4) is 0 Å². The van der Waals surface area contributed by atoms with Crippen LogP contribution in [0.1, 0.15) is 46.8 Å². The predicted octanol–water partition coefficient (Wildman–Crippen LogP) is 3.88. The molecule has 0 aliphatic carbocycles. The molecule has 5 heteroatoms. The Morgan fingerprint density at radius 3 is 2.25 bits per heavy atom. The highest BCUT2D eigenvalue weighted by Crippen LogP contribution is 2.18. The third-order valence-corrected chi connectivity index (χ3v) is 4.98. The molecule has 0 saturated heterocycles. The predicted molar refractivity (Wildman–Crippen MR) is 93.9 cm³/mol. The van der Waals surface area contributed by atoms with Crippen LogP contribution in [0.25, 0.3) is 0 Å². The molecular weight excluding hydrogens is 324 g/mol. The monoisotopic (exact) mass is 346 g/mol. The molecule has 0 atom stereocenters. The van der Waals surface area contributed by atoms with E-state index in [0.29, 0.717) is 11.5 Å². The Kier molecular flexibility index (Phi) is 5.44. The van der Waals surface area contributed by atoms with Gasteiger partial charge in [-0.2, -0.15) is 0 Å². The average Bonchev–Trinajstić information content (AvgIpc) is 2.52. The number of aryl methyl sites for hydroxylation is 1. The Labute approximate surface area is 143 Å². The van der Waals surface area contributed by atoms with Crippen molar-refractivity contribution in [3.05, 3.63) is 64.7 Å². The summed E-state index contributed by atoms with van der Waals surface area (Å²) in [5, 5.41) is 0. The van der Waals surface area contributed by atoms with E-state index in [4.69, 9.17) is 4.74 Å². The van der Waals surface area contributed by atoms with Crippen LogP contribution in [0, 0.1) is 6.92 Å². The van der Waals surface area contributed by atoms with E-state index in [-0.39, 0.29) is 17.1 Å². The van der Waals surface area contributed by atoms with Crippen molar-refractivity contribution < 1.29 is 17.9 Å². The van der Waals surface area contributed by atoms with E-state index in [1.165, 1.54) is 17.7 Å². The van der Waals surface area contributed by atoms with Gasteiger partial charge in [0, 0.05) is 6.26 Å². The molecule has 0 amide bonds. The normalized spacial score (nSPS) is 11.5. The molecule has 0 spiro atoms. The Hall–Kier alpha value is -2.14. The summed E-state index contributed by atoms with van der Waals surface area (Å²) in [6.07, 6.45) is 1.11. The second-order valence-electron chi connectivity index (χ2n) is 6.22. The topological polar surface area (TPSA) is 60.4 Å². The molecule has 128 valence electrons. The summed E-state index contributed by atoms with van der Waals surface area (Å²) in [6, 6.07) is 12.4. The number of ether oxygens (including phenoxy) is 1. The highest BCUT2D eigenvalue weighted by atomic mass is 32.2. The molecule has 0 saturated carbocycles. The van der Waals surface area contributed by atoms with Crippen LogP contribution in [0.4, 0.5) is 0 Å². The minimum absolute atomic E-state index is 0.112. The van der Waals surface area contributed by atoms with Crippen molar-refractivity contribution in [2.24, 2.45) is 0 Å². The highest BCUT2D eigenvalue weighted by Gasteiger charge is 2.15. The van der Waals surface area contributed by atoms with Crippen molar-refractivity contribution in [1.29, 1.82) is 0 Å². The summed E-state index contributed by atoms with van der Waals surface area (Å²) in [5.74, 6) is -0.0751. The molecule has 0 N–H and O–H groups in total. The first-order valence-corrected chi connectivity index (χ1v) is 9.64. The molecule has 2 rings (SSSR count). The van der Waals surface area contributed by atoms with E-state index < -0.39 is 15.8 Å². The van der Waals surface area contributed by atoms with Crippen molar-refractivity contribution in [1.82, 2.24) is 0 Å². The number of esters is 1. The van der Waals surface area contributed by atoms with Crippen LogP contribution in [0.5, 0.6) is 0 Å². The number of hydrogen-bond acceptors (Lipinski definition) is 4. The number of sulfone groups is 1. The van der Waals surface area contributed by atoms with Gasteiger partial charge < -0.3 is 4.74 Å². The second-order valence-corrected chi connectivity index (χ2v) is 8.24. The highest BCUT2D eigenvalue weighted by molar-refractivity contribution is 7.90. The van der Waals surface area contributed by atoms with Gasteiger partial charge in [-0.25, -0.2) is 13.2 Å². The zero-order valence-electron chi connectivity index (χ0n) is 14.4. The molecule has 4 nitrogen and oxygen atoms in total. The largest absolute Gasteiger partial charge is 0.457 e. The first kappa shape index (κ1) is 18.2. The quantitative estimate of drug-likeness (QED) is 0.771. The maximum Gasteiger partial charge on any atom is 0.338 e. The van der Waals surface area contributed by atoms with Gasteiger partial charge in [0.2, 0.25) is 0 Å². The van der Waals surface area contributed by atoms with Crippen molar-refractivity contribution in [2.45, 2.75) is 38.2 Å². The zero-order chi connectivity index (χ0) is 17.9. The number of carbonyl (C=O) groups excluding carboxylic acids is 1. The van der Waals surface area contributed by atoms with Crippen molar-refractivity contribution in [2.75, 3.05) is 6.26 Å². The van der Waals surface area contributed by atoms with E-state index in [2.05, 4.69) is 13.8 Å². The number of hydrogen-bond donors (Lipinski definition) is 0. The minimum atomic E-state index is -3.36. The summed E-state index contributed by atoms with van der Waals surface area (Å²) in [6.45, 7) is 6.14. The number of rotatable bonds is 5. The van der Waals surface area contributed by atoms with E-state index in [1.54, 1.807) is 13.0 Å². The fourth-order valence-electron chi connectivity index (χ4n) is 2.28. The lowest BCUT2D eigenvalue weighted by Crippen LogP contribution is -2.09. The Balaban J connectivity index is 2.12. The van der Waals surface area contributed by atoms with Gasteiger partial charge >= 0.3 is 5.97 Å². The van der Waals surface area contributed by atoms with Gasteiger partial charge in [0.25, 0.3) is 0 Å². The zero-order valence-corrected chi connectivity index (χ0v) is 15.2. The van der Waals surface area contributed by atoms with Gasteiger partial charge in [-0.15, -0.1) is 0 Å². The smallest absolute Gasteiger partial charge is 0.338 e. The lowest BCUT2D eigenvalue weighted by atomic mass is 10.0. The van der Waals surface area contributed by atoms with E-state index in [9.17, 15) is 13.2 Å². The Bertz CT molecular complexity index is 834. The van der Waals surface area contributed by atoms with Crippen molar-refractivity contribution >= 4 is 15.8 Å². The van der Waals surface area contributed by atoms with Gasteiger partial charge in [-0.1, -0.05) is 44.2 Å². The van der Waals surface area contributed by atoms with Crippen LogP contribution < -0.4 is 0 Å². The van der Waals surface area contributed by atoms with Gasteiger partial charge in [-0.3, -0.25) is 0 Å². The van der Waals surface area contributed by atoms with E-state index in [1.807, 2.05) is 24.3 Å².